The first kappa shape index (κ1) is 24.5. The number of fused-ring (bicyclic) bond motifs is 4. The van der Waals surface area contributed by atoms with Crippen LogP contribution in [0.5, 0.6) is 0 Å². The Kier molecular flexibility index (Phi) is 5.54. The highest BCUT2D eigenvalue weighted by molar-refractivity contribution is 7.99. The molecular weight excluding hydrogens is 537 g/mol. The minimum Gasteiger partial charge on any atom is -0.0888 e. The second kappa shape index (κ2) is 9.73. The van der Waals surface area contributed by atoms with Gasteiger partial charge in [-0.25, -0.2) is 0 Å². The third-order valence-electron chi connectivity index (χ3n) is 8.84. The van der Waals surface area contributed by atoms with Gasteiger partial charge in [0.1, 0.15) is 0 Å². The van der Waals surface area contributed by atoms with Crippen molar-refractivity contribution in [2.75, 3.05) is 0 Å². The van der Waals surface area contributed by atoms with Crippen LogP contribution in [0.25, 0.3) is 76.8 Å². The molecule has 1 heteroatoms. The predicted molar refractivity (Wildman–Crippen MR) is 185 cm³/mol. The average Bonchev–Trinajstić information content (AvgIpc) is 3.07. The van der Waals surface area contributed by atoms with Crippen LogP contribution in [-0.2, 0) is 0 Å². The first-order valence-electron chi connectivity index (χ1n) is 14.8. The van der Waals surface area contributed by atoms with E-state index in [2.05, 4.69) is 158 Å². The van der Waals surface area contributed by atoms with Gasteiger partial charge in [0.25, 0.3) is 0 Å². The van der Waals surface area contributed by atoms with Crippen LogP contribution in [0.4, 0.5) is 0 Å². The number of benzene rings is 8. The van der Waals surface area contributed by atoms with Gasteiger partial charge in [-0.2, -0.15) is 0 Å². The maximum absolute atomic E-state index is 2.35. The zero-order valence-electron chi connectivity index (χ0n) is 23.4. The normalized spacial score (nSPS) is 12.1. The van der Waals surface area contributed by atoms with Crippen LogP contribution in [-0.4, -0.2) is 0 Å². The van der Waals surface area contributed by atoms with Gasteiger partial charge in [0.15, 0.2) is 0 Å². The van der Waals surface area contributed by atoms with Crippen molar-refractivity contribution in [1.29, 1.82) is 0 Å². The van der Waals surface area contributed by atoms with E-state index in [1.54, 1.807) is 0 Å². The molecule has 0 fully saturated rings. The monoisotopic (exact) mass is 562 g/mol. The Labute approximate surface area is 255 Å². The van der Waals surface area contributed by atoms with Crippen molar-refractivity contribution >= 4 is 44.1 Å². The largest absolute Gasteiger partial charge is 0.0888 e. The lowest BCUT2D eigenvalue weighted by molar-refractivity contribution is 1.40. The molecule has 0 N–H and O–H groups in total. The fraction of sp³-hybridized carbons (Fsp3) is 0. The summed E-state index contributed by atoms with van der Waals surface area (Å²) < 4.78 is 0. The van der Waals surface area contributed by atoms with Gasteiger partial charge in [-0.05, 0) is 84.1 Å². The van der Waals surface area contributed by atoms with Crippen LogP contribution in [0.2, 0.25) is 0 Å². The summed E-state index contributed by atoms with van der Waals surface area (Å²) >= 11 is 1.89. The van der Waals surface area contributed by atoms with E-state index in [4.69, 9.17) is 0 Å². The lowest BCUT2D eigenvalue weighted by Gasteiger charge is -2.25. The molecule has 8 aromatic carbocycles. The van der Waals surface area contributed by atoms with Gasteiger partial charge < -0.3 is 0 Å². The highest BCUT2D eigenvalue weighted by Crippen LogP contribution is 2.53. The van der Waals surface area contributed by atoms with Crippen LogP contribution in [0.15, 0.2) is 168 Å². The quantitative estimate of drug-likeness (QED) is 0.193. The molecule has 0 saturated carbocycles. The SMILES string of the molecule is c1ccc(-c2cccc(-c3c4ccccc4c(-c4cccc5c4-c4cccc6cccc(c46)S5)c4ccccc34)c2)cc1. The summed E-state index contributed by atoms with van der Waals surface area (Å²) in [6.45, 7) is 0. The van der Waals surface area contributed by atoms with Crippen molar-refractivity contribution in [3.63, 3.8) is 0 Å². The molecule has 0 bridgehead atoms. The minimum absolute atomic E-state index is 1.23. The molecule has 0 unspecified atom stereocenters. The number of rotatable bonds is 3. The van der Waals surface area contributed by atoms with Gasteiger partial charge in [-0.3, -0.25) is 0 Å². The third kappa shape index (κ3) is 3.79. The molecule has 0 saturated heterocycles. The second-order valence-corrected chi connectivity index (χ2v) is 12.3. The predicted octanol–water partition coefficient (Wildman–Crippen LogP) is 12.3. The Morgan fingerprint density at radius 1 is 0.326 bits per heavy atom. The van der Waals surface area contributed by atoms with Gasteiger partial charge in [0.2, 0.25) is 0 Å². The molecular formula is C42H26S. The molecule has 8 aromatic rings. The highest BCUT2D eigenvalue weighted by atomic mass is 32.2. The molecule has 200 valence electrons. The van der Waals surface area contributed by atoms with Crippen LogP contribution >= 0.6 is 11.8 Å². The van der Waals surface area contributed by atoms with E-state index in [1.165, 1.54) is 86.6 Å². The van der Waals surface area contributed by atoms with Crippen LogP contribution < -0.4 is 0 Å². The van der Waals surface area contributed by atoms with E-state index in [0.29, 0.717) is 0 Å². The Morgan fingerprint density at radius 3 is 1.60 bits per heavy atom. The number of hydrogen-bond donors (Lipinski definition) is 0. The van der Waals surface area contributed by atoms with Crippen molar-refractivity contribution in [2.24, 2.45) is 0 Å². The summed E-state index contributed by atoms with van der Waals surface area (Å²) in [6, 6.07) is 57.9. The maximum Gasteiger partial charge on any atom is 0.0207 e. The zero-order chi connectivity index (χ0) is 28.3. The fourth-order valence-electron chi connectivity index (χ4n) is 7.04. The topological polar surface area (TPSA) is 0 Å². The Hall–Kier alpha value is -5.11. The first-order chi connectivity index (χ1) is 21.3. The van der Waals surface area contributed by atoms with Crippen molar-refractivity contribution in [3.05, 3.63) is 158 Å². The summed E-state index contributed by atoms with van der Waals surface area (Å²) in [5, 5.41) is 7.78. The van der Waals surface area contributed by atoms with Gasteiger partial charge in [-0.1, -0.05) is 151 Å². The molecule has 0 radical (unpaired) electrons. The van der Waals surface area contributed by atoms with Crippen molar-refractivity contribution in [1.82, 2.24) is 0 Å². The van der Waals surface area contributed by atoms with Gasteiger partial charge >= 0.3 is 0 Å². The van der Waals surface area contributed by atoms with Crippen molar-refractivity contribution < 1.29 is 0 Å². The molecule has 0 atom stereocenters. The van der Waals surface area contributed by atoms with E-state index < -0.39 is 0 Å². The van der Waals surface area contributed by atoms with Crippen molar-refractivity contribution in [3.8, 4) is 44.5 Å². The van der Waals surface area contributed by atoms with E-state index in [-0.39, 0.29) is 0 Å². The highest BCUT2D eigenvalue weighted by Gasteiger charge is 2.25. The lowest BCUT2D eigenvalue weighted by Crippen LogP contribution is -1.97. The summed E-state index contributed by atoms with van der Waals surface area (Å²) in [6.07, 6.45) is 0. The van der Waals surface area contributed by atoms with Gasteiger partial charge in [-0.15, -0.1) is 0 Å². The van der Waals surface area contributed by atoms with Gasteiger partial charge in [0, 0.05) is 20.7 Å². The summed E-state index contributed by atoms with van der Waals surface area (Å²) in [5.74, 6) is 0. The van der Waals surface area contributed by atoms with Crippen LogP contribution in [0.3, 0.4) is 0 Å². The first-order valence-corrected chi connectivity index (χ1v) is 15.6. The number of hydrogen-bond acceptors (Lipinski definition) is 1. The Bertz CT molecular complexity index is 2300. The van der Waals surface area contributed by atoms with E-state index in [1.807, 2.05) is 11.8 Å². The molecule has 0 aromatic heterocycles. The van der Waals surface area contributed by atoms with Crippen molar-refractivity contribution in [2.45, 2.75) is 9.79 Å². The molecule has 0 spiro atoms. The van der Waals surface area contributed by atoms with Crippen LogP contribution in [0.1, 0.15) is 0 Å². The molecule has 1 heterocycles. The van der Waals surface area contributed by atoms with E-state index >= 15 is 0 Å². The smallest absolute Gasteiger partial charge is 0.0207 e. The standard InChI is InChI=1S/C42H26S/c1-2-12-27(13-3-1)29-16-8-17-30(26-29)39-31-18-4-6-20-33(31)41(34-21-7-5-19-32(34)39)36-23-11-25-38-42(36)35-22-9-14-28-15-10-24-37(43-38)40(28)35/h1-26H. The fourth-order valence-corrected chi connectivity index (χ4v) is 8.22. The minimum atomic E-state index is 1.23. The molecule has 1 aliphatic heterocycles. The molecule has 9 rings (SSSR count). The average molecular weight is 563 g/mol. The Balaban J connectivity index is 1.37. The molecule has 0 nitrogen and oxygen atoms in total. The van der Waals surface area contributed by atoms with E-state index in [0.717, 1.165) is 0 Å². The zero-order valence-corrected chi connectivity index (χ0v) is 24.2. The van der Waals surface area contributed by atoms with Gasteiger partial charge in [0.05, 0.1) is 0 Å². The van der Waals surface area contributed by atoms with Crippen LogP contribution in [0, 0.1) is 0 Å². The third-order valence-corrected chi connectivity index (χ3v) is 9.96. The second-order valence-electron chi connectivity index (χ2n) is 11.2. The summed E-state index contributed by atoms with van der Waals surface area (Å²) in [7, 11) is 0. The van der Waals surface area contributed by atoms with E-state index in [9.17, 15) is 0 Å². The lowest BCUT2D eigenvalue weighted by atomic mass is 9.83. The molecule has 43 heavy (non-hydrogen) atoms. The summed E-state index contributed by atoms with van der Waals surface area (Å²) in [4.78, 5) is 2.65. The molecule has 0 amide bonds. The molecule has 0 aliphatic carbocycles. The summed E-state index contributed by atoms with van der Waals surface area (Å²) in [5.41, 5.74) is 10.3. The Morgan fingerprint density at radius 2 is 0.860 bits per heavy atom. The maximum atomic E-state index is 2.35. The molecule has 1 aliphatic rings.